The van der Waals surface area contributed by atoms with Crippen molar-refractivity contribution >= 4 is 11.8 Å². The number of nitrogens with one attached hydrogen (secondary N) is 1. The lowest BCUT2D eigenvalue weighted by Gasteiger charge is -2.54. The lowest BCUT2D eigenvalue weighted by Crippen LogP contribution is -2.74. The normalized spacial score (nSPS) is 24.1. The van der Waals surface area contributed by atoms with Crippen LogP contribution >= 0.6 is 0 Å². The first-order valence-corrected chi connectivity index (χ1v) is 14.4. The highest BCUT2D eigenvalue weighted by molar-refractivity contribution is 6.00. The summed E-state index contributed by atoms with van der Waals surface area (Å²) < 4.78 is 0. The molecule has 0 unspecified atom stereocenters. The van der Waals surface area contributed by atoms with E-state index in [0.717, 1.165) is 58.2 Å². The van der Waals surface area contributed by atoms with Gasteiger partial charge in [-0.1, -0.05) is 76.3 Å². The van der Waals surface area contributed by atoms with Crippen molar-refractivity contribution in [2.24, 2.45) is 5.92 Å². The third-order valence-corrected chi connectivity index (χ3v) is 8.59. The number of benzene rings is 1. The highest BCUT2D eigenvalue weighted by atomic mass is 16.2. The van der Waals surface area contributed by atoms with Crippen LogP contribution in [0.15, 0.2) is 30.3 Å². The van der Waals surface area contributed by atoms with Crippen LogP contribution in [0.4, 0.5) is 0 Å². The lowest BCUT2D eigenvalue weighted by atomic mass is 9.79. The Kier molecular flexibility index (Phi) is 9.27. The van der Waals surface area contributed by atoms with Gasteiger partial charge in [0, 0.05) is 19.1 Å². The molecule has 3 aliphatic rings. The van der Waals surface area contributed by atoms with Crippen LogP contribution in [0.3, 0.4) is 0 Å². The Hall–Kier alpha value is -1.88. The molecule has 1 aromatic carbocycles. The summed E-state index contributed by atoms with van der Waals surface area (Å²) in [6.45, 7) is 7.20. The molecule has 1 N–H and O–H groups in total. The van der Waals surface area contributed by atoms with Crippen molar-refractivity contribution in [1.29, 1.82) is 0 Å². The SMILES string of the molecule is CC(C)C[C@@H]1NC(=O)C2(CCN(CCCCCc3ccccc3)CC2)N(C2CCCCCC2)C1=O. The largest absolute Gasteiger partial charge is 0.342 e. The van der Waals surface area contributed by atoms with Gasteiger partial charge in [-0.05, 0) is 69.4 Å². The summed E-state index contributed by atoms with van der Waals surface area (Å²) in [5.41, 5.74) is 0.790. The zero-order valence-corrected chi connectivity index (χ0v) is 22.1. The molecular weight excluding hydrogens is 434 g/mol. The molecule has 5 nitrogen and oxygen atoms in total. The first kappa shape index (κ1) is 26.2. The van der Waals surface area contributed by atoms with E-state index in [9.17, 15) is 9.59 Å². The number of nitrogens with zero attached hydrogens (tertiary/aromatic N) is 2. The van der Waals surface area contributed by atoms with E-state index in [1.54, 1.807) is 0 Å². The predicted molar refractivity (Wildman–Crippen MR) is 142 cm³/mol. The number of carbonyl (C=O) groups is 2. The van der Waals surface area contributed by atoms with Crippen LogP contribution in [0.1, 0.15) is 96.5 Å². The number of hydrogen-bond donors (Lipinski definition) is 1. The fraction of sp³-hybridized carbons (Fsp3) is 0.733. The minimum Gasteiger partial charge on any atom is -0.342 e. The van der Waals surface area contributed by atoms with E-state index in [0.29, 0.717) is 5.92 Å². The fourth-order valence-corrected chi connectivity index (χ4v) is 6.62. The average Bonchev–Trinajstić information content (AvgIpc) is 3.13. The van der Waals surface area contributed by atoms with E-state index in [-0.39, 0.29) is 23.9 Å². The first-order valence-electron chi connectivity index (χ1n) is 14.4. The van der Waals surface area contributed by atoms with Crippen LogP contribution in [0.25, 0.3) is 0 Å². The number of rotatable bonds is 9. The maximum Gasteiger partial charge on any atom is 0.246 e. The van der Waals surface area contributed by atoms with Crippen molar-refractivity contribution in [3.05, 3.63) is 35.9 Å². The number of piperidine rings is 1. The Morgan fingerprint density at radius 2 is 1.63 bits per heavy atom. The van der Waals surface area contributed by atoms with Crippen molar-refractivity contribution in [3.8, 4) is 0 Å². The zero-order valence-electron chi connectivity index (χ0n) is 22.1. The molecule has 1 atom stereocenters. The average molecular weight is 482 g/mol. The van der Waals surface area contributed by atoms with Crippen molar-refractivity contribution in [2.45, 2.75) is 115 Å². The van der Waals surface area contributed by atoms with Gasteiger partial charge in [0.2, 0.25) is 11.8 Å². The van der Waals surface area contributed by atoms with E-state index in [4.69, 9.17) is 0 Å². The monoisotopic (exact) mass is 481 g/mol. The van der Waals surface area contributed by atoms with Gasteiger partial charge in [0.25, 0.3) is 0 Å². The van der Waals surface area contributed by atoms with Gasteiger partial charge >= 0.3 is 0 Å². The molecule has 0 bridgehead atoms. The summed E-state index contributed by atoms with van der Waals surface area (Å²) in [4.78, 5) is 32.2. The summed E-state index contributed by atoms with van der Waals surface area (Å²) in [6.07, 6.45) is 14.1. The molecular formula is C30H47N3O2. The molecule has 2 amide bonds. The van der Waals surface area contributed by atoms with Crippen LogP contribution in [0.5, 0.6) is 0 Å². The molecule has 3 fully saturated rings. The minimum atomic E-state index is -0.636. The molecule has 1 saturated carbocycles. The van der Waals surface area contributed by atoms with Gasteiger partial charge in [0.1, 0.15) is 11.6 Å². The quantitative estimate of drug-likeness (QED) is 0.383. The second-order valence-corrected chi connectivity index (χ2v) is 11.7. The van der Waals surface area contributed by atoms with Crippen LogP contribution in [-0.2, 0) is 16.0 Å². The number of carbonyl (C=O) groups excluding carboxylic acids is 2. The van der Waals surface area contributed by atoms with Crippen LogP contribution in [0.2, 0.25) is 0 Å². The highest BCUT2D eigenvalue weighted by Gasteiger charge is 2.55. The van der Waals surface area contributed by atoms with Crippen molar-refractivity contribution in [2.75, 3.05) is 19.6 Å². The molecule has 2 heterocycles. The Balaban J connectivity index is 1.35. The van der Waals surface area contributed by atoms with Crippen molar-refractivity contribution < 1.29 is 9.59 Å². The number of likely N-dealkylation sites (tertiary alicyclic amines) is 1. The molecule has 2 aliphatic heterocycles. The zero-order chi connectivity index (χ0) is 24.7. The van der Waals surface area contributed by atoms with E-state index < -0.39 is 5.54 Å². The number of unbranched alkanes of at least 4 members (excludes halogenated alkanes) is 2. The molecule has 1 spiro atoms. The van der Waals surface area contributed by atoms with E-state index in [1.807, 2.05) is 0 Å². The molecule has 0 radical (unpaired) electrons. The Bertz CT molecular complexity index is 808. The van der Waals surface area contributed by atoms with Gasteiger partial charge < -0.3 is 15.1 Å². The number of piperazine rings is 1. The summed E-state index contributed by atoms with van der Waals surface area (Å²) in [7, 11) is 0. The Morgan fingerprint density at radius 3 is 2.29 bits per heavy atom. The van der Waals surface area contributed by atoms with E-state index in [1.165, 1.54) is 50.5 Å². The third-order valence-electron chi connectivity index (χ3n) is 8.59. The standard InChI is InChI=1S/C30H47N3O2/c1-24(2)23-27-28(34)33(26-16-10-3-4-11-17-26)30(29(35)31-27)18-21-32(22-19-30)20-12-6-9-15-25-13-7-5-8-14-25/h5,7-8,13-14,24,26-27H,3-4,6,9-12,15-23H2,1-2H3,(H,31,35)/t27-/m0/s1. The summed E-state index contributed by atoms with van der Waals surface area (Å²) in [6, 6.07) is 10.6. The molecule has 194 valence electrons. The topological polar surface area (TPSA) is 52.7 Å². The minimum absolute atomic E-state index is 0.120. The highest BCUT2D eigenvalue weighted by Crippen LogP contribution is 2.38. The number of amides is 2. The fourth-order valence-electron chi connectivity index (χ4n) is 6.62. The van der Waals surface area contributed by atoms with Gasteiger partial charge in [0.05, 0.1) is 0 Å². The first-order chi connectivity index (χ1) is 17.0. The van der Waals surface area contributed by atoms with E-state index >= 15 is 0 Å². The lowest BCUT2D eigenvalue weighted by molar-refractivity contribution is -0.166. The molecule has 35 heavy (non-hydrogen) atoms. The van der Waals surface area contributed by atoms with Gasteiger partial charge in [0.15, 0.2) is 0 Å². The number of hydrogen-bond acceptors (Lipinski definition) is 3. The molecule has 5 heteroatoms. The smallest absolute Gasteiger partial charge is 0.246 e. The Morgan fingerprint density at radius 1 is 0.943 bits per heavy atom. The maximum absolute atomic E-state index is 13.8. The second kappa shape index (κ2) is 12.4. The van der Waals surface area contributed by atoms with Crippen molar-refractivity contribution in [1.82, 2.24) is 15.1 Å². The molecule has 2 saturated heterocycles. The summed E-state index contributed by atoms with van der Waals surface area (Å²) >= 11 is 0. The molecule has 0 aromatic heterocycles. The van der Waals surface area contributed by atoms with E-state index in [2.05, 4.69) is 59.3 Å². The van der Waals surface area contributed by atoms with Crippen molar-refractivity contribution in [3.63, 3.8) is 0 Å². The van der Waals surface area contributed by atoms with Crippen LogP contribution in [-0.4, -0.2) is 58.9 Å². The summed E-state index contributed by atoms with van der Waals surface area (Å²) in [5.74, 6) is 0.701. The maximum atomic E-state index is 13.8. The predicted octanol–water partition coefficient (Wildman–Crippen LogP) is 5.33. The number of aryl methyl sites for hydroxylation is 1. The van der Waals surface area contributed by atoms with Gasteiger partial charge in [-0.25, -0.2) is 0 Å². The Labute approximate surface area is 213 Å². The molecule has 4 rings (SSSR count). The third kappa shape index (κ3) is 6.47. The van der Waals surface area contributed by atoms with Gasteiger partial charge in [-0.2, -0.15) is 0 Å². The molecule has 1 aliphatic carbocycles. The summed E-state index contributed by atoms with van der Waals surface area (Å²) in [5, 5.41) is 3.18. The van der Waals surface area contributed by atoms with Crippen LogP contribution < -0.4 is 5.32 Å². The molecule has 1 aromatic rings. The van der Waals surface area contributed by atoms with Gasteiger partial charge in [-0.15, -0.1) is 0 Å². The van der Waals surface area contributed by atoms with Crippen LogP contribution in [0, 0.1) is 5.92 Å². The second-order valence-electron chi connectivity index (χ2n) is 11.7. The van der Waals surface area contributed by atoms with Gasteiger partial charge in [-0.3, -0.25) is 9.59 Å².